The van der Waals surface area contributed by atoms with Gasteiger partial charge in [-0.15, -0.1) is 11.3 Å². The van der Waals surface area contributed by atoms with Crippen LogP contribution in [0.1, 0.15) is 30.0 Å². The van der Waals surface area contributed by atoms with Crippen molar-refractivity contribution in [3.05, 3.63) is 59.1 Å². The van der Waals surface area contributed by atoms with E-state index in [2.05, 4.69) is 9.71 Å². The number of sulfonamides is 1. The van der Waals surface area contributed by atoms with Crippen LogP contribution in [0.3, 0.4) is 0 Å². The average Bonchev–Trinajstić information content (AvgIpc) is 3.11. The summed E-state index contributed by atoms with van der Waals surface area (Å²) in [6.07, 6.45) is 0.0802. The Labute approximate surface area is 169 Å². The van der Waals surface area contributed by atoms with Crippen LogP contribution in [0.15, 0.2) is 53.4 Å². The van der Waals surface area contributed by atoms with Gasteiger partial charge < -0.3 is 4.90 Å². The molecule has 8 heteroatoms. The van der Waals surface area contributed by atoms with E-state index in [1.54, 1.807) is 47.5 Å². The highest BCUT2D eigenvalue weighted by molar-refractivity contribution is 7.89. The molecule has 1 heterocycles. The molecule has 28 heavy (non-hydrogen) atoms. The first-order valence-electron chi connectivity index (χ1n) is 8.95. The third kappa shape index (κ3) is 4.57. The topological polar surface area (TPSA) is 79.4 Å². The lowest BCUT2D eigenvalue weighted by Crippen LogP contribution is -2.33. The fraction of sp³-hybridized carbons (Fsp3) is 0.300. The van der Waals surface area contributed by atoms with Crippen molar-refractivity contribution >= 4 is 37.5 Å². The molecule has 0 fully saturated rings. The number of fused-ring (bicyclic) bond motifs is 1. The van der Waals surface area contributed by atoms with E-state index in [1.807, 2.05) is 38.1 Å². The van der Waals surface area contributed by atoms with Gasteiger partial charge in [0.1, 0.15) is 5.01 Å². The number of aromatic nitrogens is 1. The number of carbonyl (C=O) groups excluding carboxylic acids is 1. The van der Waals surface area contributed by atoms with Crippen LogP contribution in [0, 0.1) is 6.92 Å². The molecule has 0 unspecified atom stereocenters. The molecule has 3 rings (SSSR count). The van der Waals surface area contributed by atoms with E-state index >= 15 is 0 Å². The molecule has 0 radical (unpaired) electrons. The molecule has 1 aromatic heterocycles. The van der Waals surface area contributed by atoms with Gasteiger partial charge in [-0.2, -0.15) is 0 Å². The van der Waals surface area contributed by atoms with Crippen molar-refractivity contribution in [2.24, 2.45) is 0 Å². The average molecular weight is 418 g/mol. The van der Waals surface area contributed by atoms with Gasteiger partial charge >= 0.3 is 0 Å². The molecule has 0 aliphatic rings. The number of para-hydroxylation sites is 1. The molecule has 0 saturated heterocycles. The molecule has 0 saturated carbocycles. The second kappa shape index (κ2) is 8.38. The largest absolute Gasteiger partial charge is 0.337 e. The van der Waals surface area contributed by atoms with Gasteiger partial charge in [-0.1, -0.05) is 29.8 Å². The fourth-order valence-corrected chi connectivity index (χ4v) is 4.81. The zero-order valence-corrected chi connectivity index (χ0v) is 17.7. The lowest BCUT2D eigenvalue weighted by Gasteiger charge is -2.23. The monoisotopic (exact) mass is 417 g/mol. The minimum atomic E-state index is -3.62. The van der Waals surface area contributed by atoms with Crippen molar-refractivity contribution in [1.29, 1.82) is 0 Å². The number of carbonyl (C=O) groups is 1. The van der Waals surface area contributed by atoms with Crippen molar-refractivity contribution in [3.63, 3.8) is 0 Å². The van der Waals surface area contributed by atoms with Crippen LogP contribution in [0.25, 0.3) is 10.2 Å². The van der Waals surface area contributed by atoms with Crippen molar-refractivity contribution in [1.82, 2.24) is 14.6 Å². The summed E-state index contributed by atoms with van der Waals surface area (Å²) >= 11 is 1.56. The van der Waals surface area contributed by atoms with Crippen molar-refractivity contribution in [2.45, 2.75) is 31.2 Å². The number of nitrogens with one attached hydrogen (secondary N) is 1. The summed E-state index contributed by atoms with van der Waals surface area (Å²) in [6.45, 7) is 3.86. The Morgan fingerprint density at radius 3 is 2.54 bits per heavy atom. The maximum atomic E-state index is 12.5. The van der Waals surface area contributed by atoms with Crippen LogP contribution in [0.2, 0.25) is 0 Å². The first-order chi connectivity index (χ1) is 13.3. The summed E-state index contributed by atoms with van der Waals surface area (Å²) in [6, 6.07) is 14.3. The maximum absolute atomic E-state index is 12.5. The Morgan fingerprint density at radius 1 is 1.18 bits per heavy atom. The Balaban J connectivity index is 1.58. The van der Waals surface area contributed by atoms with Gasteiger partial charge in [-0.25, -0.2) is 18.1 Å². The summed E-state index contributed by atoms with van der Waals surface area (Å²) in [5.74, 6) is -0.140. The van der Waals surface area contributed by atoms with E-state index in [4.69, 9.17) is 0 Å². The minimum absolute atomic E-state index is 0.0476. The molecule has 0 bridgehead atoms. The zero-order valence-electron chi connectivity index (χ0n) is 16.0. The van der Waals surface area contributed by atoms with Crippen LogP contribution in [0.5, 0.6) is 0 Å². The summed E-state index contributed by atoms with van der Waals surface area (Å²) in [4.78, 5) is 18.9. The zero-order chi connectivity index (χ0) is 20.3. The number of rotatable bonds is 7. The van der Waals surface area contributed by atoms with Crippen LogP contribution in [-0.4, -0.2) is 37.8 Å². The highest BCUT2D eigenvalue weighted by Crippen LogP contribution is 2.29. The van der Waals surface area contributed by atoms with Crippen LogP contribution in [0.4, 0.5) is 0 Å². The number of thiazole rings is 1. The SMILES string of the molecule is Cc1ccc(S(=O)(=O)NCCC(=O)N(C)[C@H](C)c2nc3ccccc3s2)cc1. The van der Waals surface area contributed by atoms with Gasteiger partial charge in [-0.3, -0.25) is 4.79 Å². The fourth-order valence-electron chi connectivity index (χ4n) is 2.72. The van der Waals surface area contributed by atoms with Crippen molar-refractivity contribution in [3.8, 4) is 0 Å². The van der Waals surface area contributed by atoms with E-state index < -0.39 is 10.0 Å². The molecule has 0 aliphatic heterocycles. The van der Waals surface area contributed by atoms with Crippen LogP contribution >= 0.6 is 11.3 Å². The molecule has 148 valence electrons. The van der Waals surface area contributed by atoms with E-state index in [-0.39, 0.29) is 29.8 Å². The molecular formula is C20H23N3O3S2. The minimum Gasteiger partial charge on any atom is -0.337 e. The smallest absolute Gasteiger partial charge is 0.240 e. The number of nitrogens with zero attached hydrogens (tertiary/aromatic N) is 2. The van der Waals surface area contributed by atoms with Gasteiger partial charge in [-0.05, 0) is 38.1 Å². The van der Waals surface area contributed by atoms with E-state index in [1.165, 1.54) is 0 Å². The van der Waals surface area contributed by atoms with Crippen LogP contribution < -0.4 is 4.72 Å². The highest BCUT2D eigenvalue weighted by atomic mass is 32.2. The second-order valence-electron chi connectivity index (χ2n) is 6.66. The van der Waals surface area contributed by atoms with Crippen molar-refractivity contribution in [2.75, 3.05) is 13.6 Å². The quantitative estimate of drug-likeness (QED) is 0.638. The standard InChI is InChI=1S/C20H23N3O3S2/c1-14-8-10-16(11-9-14)28(25,26)21-13-12-19(24)23(3)15(2)20-22-17-6-4-5-7-18(17)27-20/h4-11,15,21H,12-13H2,1-3H3/t15-/m1/s1. The van der Waals surface area contributed by atoms with E-state index in [9.17, 15) is 13.2 Å². The Morgan fingerprint density at radius 2 is 1.86 bits per heavy atom. The Kier molecular flexibility index (Phi) is 6.12. The summed E-state index contributed by atoms with van der Waals surface area (Å²) in [5, 5.41) is 0.859. The maximum Gasteiger partial charge on any atom is 0.240 e. The predicted molar refractivity (Wildman–Crippen MR) is 112 cm³/mol. The van der Waals surface area contributed by atoms with Crippen molar-refractivity contribution < 1.29 is 13.2 Å². The lowest BCUT2D eigenvalue weighted by molar-refractivity contribution is -0.131. The number of hydrogen-bond acceptors (Lipinski definition) is 5. The molecule has 3 aromatic rings. The van der Waals surface area contributed by atoms with E-state index in [0.717, 1.165) is 20.8 Å². The van der Waals surface area contributed by atoms with Gasteiger partial charge in [0, 0.05) is 20.0 Å². The number of amides is 1. The number of hydrogen-bond donors (Lipinski definition) is 1. The predicted octanol–water partition coefficient (Wildman–Crippen LogP) is 3.49. The molecule has 0 spiro atoms. The van der Waals surface area contributed by atoms with Gasteiger partial charge in [0.15, 0.2) is 0 Å². The summed E-state index contributed by atoms with van der Waals surface area (Å²) in [5.41, 5.74) is 1.90. The lowest BCUT2D eigenvalue weighted by atomic mass is 10.2. The van der Waals surface area contributed by atoms with Gasteiger partial charge in [0.25, 0.3) is 0 Å². The molecule has 2 aromatic carbocycles. The molecule has 6 nitrogen and oxygen atoms in total. The van der Waals surface area contributed by atoms with Gasteiger partial charge in [0.05, 0.1) is 21.2 Å². The molecule has 1 N–H and O–H groups in total. The molecule has 1 atom stereocenters. The molecule has 0 aliphatic carbocycles. The molecular weight excluding hydrogens is 394 g/mol. The normalized spacial score (nSPS) is 12.8. The summed E-state index contributed by atoms with van der Waals surface area (Å²) < 4.78 is 28.2. The van der Waals surface area contributed by atoms with Gasteiger partial charge in [0.2, 0.25) is 15.9 Å². The number of aryl methyl sites for hydroxylation is 1. The Bertz CT molecular complexity index is 1040. The highest BCUT2D eigenvalue weighted by Gasteiger charge is 2.21. The Hall–Kier alpha value is -2.29. The molecule has 1 amide bonds. The first kappa shape index (κ1) is 20.4. The second-order valence-corrected chi connectivity index (χ2v) is 9.49. The third-order valence-corrected chi connectivity index (χ3v) is 7.29. The van der Waals surface area contributed by atoms with E-state index in [0.29, 0.717) is 0 Å². The van der Waals surface area contributed by atoms with Crippen LogP contribution in [-0.2, 0) is 14.8 Å². The summed E-state index contributed by atoms with van der Waals surface area (Å²) in [7, 11) is -1.90. The third-order valence-electron chi connectivity index (χ3n) is 4.60. The first-order valence-corrected chi connectivity index (χ1v) is 11.3. The number of benzene rings is 2.